The van der Waals surface area contributed by atoms with Crippen LogP contribution in [0.15, 0.2) is 97.2 Å². The standard InChI is InChI=1S/C31H29N5O5/c1-20-7-5-6-10-25(20)35-31(41)33-24-14-11-21(12-15-24)17-28(37)36-27-16-13-23(19-32-27)26(18-29(38)39)34-30(40)22-8-3-2-4-9-22/h2-16,19,26H,17-18H2,1H3,(H,34,40)(H,38,39)(H,32,36,37)(H2,33,35,41). The molecule has 0 aliphatic carbocycles. The molecular weight excluding hydrogens is 522 g/mol. The minimum Gasteiger partial charge on any atom is -0.481 e. The number of carboxylic acid groups (broad SMARTS) is 1. The van der Waals surface area contributed by atoms with Crippen LogP contribution in [0.1, 0.15) is 39.5 Å². The number of carbonyl (C=O) groups is 4. The van der Waals surface area contributed by atoms with E-state index >= 15 is 0 Å². The summed E-state index contributed by atoms with van der Waals surface area (Å²) in [6.07, 6.45) is 1.18. The third-order valence-electron chi connectivity index (χ3n) is 6.15. The van der Waals surface area contributed by atoms with Crippen molar-refractivity contribution in [3.63, 3.8) is 0 Å². The van der Waals surface area contributed by atoms with E-state index in [0.29, 0.717) is 22.5 Å². The van der Waals surface area contributed by atoms with Crippen LogP contribution in [0, 0.1) is 6.92 Å². The molecule has 0 saturated carbocycles. The van der Waals surface area contributed by atoms with E-state index in [0.717, 1.165) is 11.1 Å². The predicted molar refractivity (Wildman–Crippen MR) is 156 cm³/mol. The molecule has 208 valence electrons. The Morgan fingerprint density at radius 1 is 0.805 bits per heavy atom. The van der Waals surface area contributed by atoms with E-state index in [-0.39, 0.29) is 30.6 Å². The highest BCUT2D eigenvalue weighted by Crippen LogP contribution is 2.19. The summed E-state index contributed by atoms with van der Waals surface area (Å²) < 4.78 is 0. The first kappa shape index (κ1) is 28.5. The minimum absolute atomic E-state index is 0.0773. The highest BCUT2D eigenvalue weighted by Gasteiger charge is 2.19. The normalized spacial score (nSPS) is 11.1. The number of para-hydroxylation sites is 1. The predicted octanol–water partition coefficient (Wildman–Crippen LogP) is 5.16. The monoisotopic (exact) mass is 551 g/mol. The summed E-state index contributed by atoms with van der Waals surface area (Å²) in [6.45, 7) is 1.90. The van der Waals surface area contributed by atoms with Crippen molar-refractivity contribution >= 4 is 41.0 Å². The molecule has 1 atom stereocenters. The molecule has 4 amide bonds. The number of amides is 4. The number of aliphatic carboxylic acids is 1. The summed E-state index contributed by atoms with van der Waals surface area (Å²) in [5.41, 5.74) is 3.87. The summed E-state index contributed by atoms with van der Waals surface area (Å²) in [7, 11) is 0. The molecule has 4 rings (SSSR count). The number of nitrogens with zero attached hydrogens (tertiary/aromatic N) is 1. The Bertz CT molecular complexity index is 1520. The highest BCUT2D eigenvalue weighted by molar-refractivity contribution is 6.00. The van der Waals surface area contributed by atoms with Crippen molar-refractivity contribution in [3.05, 3.63) is 119 Å². The van der Waals surface area contributed by atoms with Crippen LogP contribution in [0.25, 0.3) is 0 Å². The van der Waals surface area contributed by atoms with Gasteiger partial charge in [-0.25, -0.2) is 9.78 Å². The maximum atomic E-state index is 12.6. The van der Waals surface area contributed by atoms with Crippen molar-refractivity contribution in [2.75, 3.05) is 16.0 Å². The van der Waals surface area contributed by atoms with Crippen LogP contribution in [-0.4, -0.2) is 33.9 Å². The number of carboxylic acids is 1. The van der Waals surface area contributed by atoms with Crippen LogP contribution in [-0.2, 0) is 16.0 Å². The third-order valence-corrected chi connectivity index (χ3v) is 6.15. The van der Waals surface area contributed by atoms with Crippen molar-refractivity contribution in [2.24, 2.45) is 0 Å². The molecule has 0 bridgehead atoms. The topological polar surface area (TPSA) is 150 Å². The quantitative estimate of drug-likeness (QED) is 0.184. The summed E-state index contributed by atoms with van der Waals surface area (Å²) in [5.74, 6) is -1.49. The van der Waals surface area contributed by atoms with E-state index < -0.39 is 17.9 Å². The zero-order valence-electron chi connectivity index (χ0n) is 22.3. The molecule has 41 heavy (non-hydrogen) atoms. The van der Waals surface area contributed by atoms with Crippen molar-refractivity contribution in [1.82, 2.24) is 10.3 Å². The van der Waals surface area contributed by atoms with E-state index in [1.54, 1.807) is 66.7 Å². The van der Waals surface area contributed by atoms with Gasteiger partial charge in [-0.15, -0.1) is 0 Å². The number of anilines is 3. The van der Waals surface area contributed by atoms with Gasteiger partial charge in [0.25, 0.3) is 5.91 Å². The Kier molecular flexibility index (Phi) is 9.40. The number of urea groups is 1. The maximum absolute atomic E-state index is 12.6. The smallest absolute Gasteiger partial charge is 0.323 e. The van der Waals surface area contributed by atoms with Gasteiger partial charge in [-0.2, -0.15) is 0 Å². The number of hydrogen-bond acceptors (Lipinski definition) is 5. The number of aromatic nitrogens is 1. The molecule has 1 heterocycles. The maximum Gasteiger partial charge on any atom is 0.323 e. The first-order valence-corrected chi connectivity index (χ1v) is 12.8. The van der Waals surface area contributed by atoms with Gasteiger partial charge in [0.15, 0.2) is 0 Å². The molecule has 10 heteroatoms. The van der Waals surface area contributed by atoms with Crippen LogP contribution < -0.4 is 21.3 Å². The number of benzene rings is 3. The second-order valence-corrected chi connectivity index (χ2v) is 9.28. The summed E-state index contributed by atoms with van der Waals surface area (Å²) in [6, 6.07) is 24.8. The molecule has 0 aliphatic heterocycles. The van der Waals surface area contributed by atoms with Crippen LogP contribution in [0.4, 0.5) is 22.0 Å². The Hall–Kier alpha value is -5.51. The number of rotatable bonds is 10. The van der Waals surface area contributed by atoms with Crippen molar-refractivity contribution in [3.8, 4) is 0 Å². The molecule has 1 unspecified atom stereocenters. The van der Waals surface area contributed by atoms with Crippen molar-refractivity contribution in [2.45, 2.75) is 25.8 Å². The average molecular weight is 552 g/mol. The summed E-state index contributed by atoms with van der Waals surface area (Å²) in [5, 5.41) is 20.3. The second-order valence-electron chi connectivity index (χ2n) is 9.28. The number of hydrogen-bond donors (Lipinski definition) is 5. The van der Waals surface area contributed by atoms with Gasteiger partial charge in [0.05, 0.1) is 18.9 Å². The summed E-state index contributed by atoms with van der Waals surface area (Å²) in [4.78, 5) is 53.0. The Morgan fingerprint density at radius 3 is 2.17 bits per heavy atom. The second kappa shape index (κ2) is 13.5. The van der Waals surface area contributed by atoms with Gasteiger partial charge in [-0.05, 0) is 60.0 Å². The third kappa shape index (κ3) is 8.49. The fraction of sp³-hybridized carbons (Fsp3) is 0.129. The lowest BCUT2D eigenvalue weighted by molar-refractivity contribution is -0.137. The minimum atomic E-state index is -1.08. The van der Waals surface area contributed by atoms with Crippen molar-refractivity contribution in [1.29, 1.82) is 0 Å². The number of carbonyl (C=O) groups excluding carboxylic acids is 3. The first-order valence-electron chi connectivity index (χ1n) is 12.8. The van der Waals surface area contributed by atoms with E-state index in [2.05, 4.69) is 26.3 Å². The molecule has 5 N–H and O–H groups in total. The molecule has 0 spiro atoms. The van der Waals surface area contributed by atoms with Gasteiger partial charge in [-0.3, -0.25) is 14.4 Å². The lowest BCUT2D eigenvalue weighted by atomic mass is 10.0. The van der Waals surface area contributed by atoms with Gasteiger partial charge in [0, 0.05) is 23.1 Å². The van der Waals surface area contributed by atoms with Crippen LogP contribution in [0.2, 0.25) is 0 Å². The van der Waals surface area contributed by atoms with Crippen LogP contribution >= 0.6 is 0 Å². The van der Waals surface area contributed by atoms with E-state index in [1.807, 2.05) is 31.2 Å². The molecular formula is C31H29N5O5. The lowest BCUT2D eigenvalue weighted by Crippen LogP contribution is -2.30. The molecule has 0 saturated heterocycles. The van der Waals surface area contributed by atoms with Crippen LogP contribution in [0.5, 0.6) is 0 Å². The SMILES string of the molecule is Cc1ccccc1NC(=O)Nc1ccc(CC(=O)Nc2ccc(C(CC(=O)O)NC(=O)c3ccccc3)cn2)cc1. The molecule has 3 aromatic carbocycles. The zero-order valence-corrected chi connectivity index (χ0v) is 22.3. The van der Waals surface area contributed by atoms with Gasteiger partial charge in [-0.1, -0.05) is 54.6 Å². The molecule has 0 radical (unpaired) electrons. The fourth-order valence-electron chi connectivity index (χ4n) is 4.02. The first-order chi connectivity index (χ1) is 19.8. The zero-order chi connectivity index (χ0) is 29.2. The van der Waals surface area contributed by atoms with E-state index in [9.17, 15) is 24.3 Å². The Balaban J connectivity index is 1.30. The van der Waals surface area contributed by atoms with Gasteiger partial charge in [0.1, 0.15) is 5.82 Å². The molecule has 0 fully saturated rings. The number of aryl methyl sites for hydroxylation is 1. The van der Waals surface area contributed by atoms with Gasteiger partial charge in [0.2, 0.25) is 5.91 Å². The lowest BCUT2D eigenvalue weighted by Gasteiger charge is -2.17. The van der Waals surface area contributed by atoms with Gasteiger partial charge >= 0.3 is 12.0 Å². The number of nitrogens with one attached hydrogen (secondary N) is 4. The van der Waals surface area contributed by atoms with Crippen molar-refractivity contribution < 1.29 is 24.3 Å². The molecule has 1 aromatic heterocycles. The largest absolute Gasteiger partial charge is 0.481 e. The highest BCUT2D eigenvalue weighted by atomic mass is 16.4. The Labute approximate surface area is 236 Å². The molecule has 4 aromatic rings. The average Bonchev–Trinajstić information content (AvgIpc) is 2.95. The van der Waals surface area contributed by atoms with E-state index in [4.69, 9.17) is 0 Å². The van der Waals surface area contributed by atoms with E-state index in [1.165, 1.54) is 6.20 Å². The van der Waals surface area contributed by atoms with Gasteiger partial charge < -0.3 is 26.4 Å². The number of pyridine rings is 1. The summed E-state index contributed by atoms with van der Waals surface area (Å²) >= 11 is 0. The molecule has 0 aliphatic rings. The van der Waals surface area contributed by atoms with Crippen LogP contribution in [0.3, 0.4) is 0 Å². The Morgan fingerprint density at radius 2 is 1.51 bits per heavy atom. The molecule has 10 nitrogen and oxygen atoms in total. The fourth-order valence-corrected chi connectivity index (χ4v) is 4.02.